The highest BCUT2D eigenvalue weighted by molar-refractivity contribution is 5.96. The number of amides is 1. The van der Waals surface area contributed by atoms with Crippen LogP contribution in [0.4, 0.5) is 8.78 Å². The van der Waals surface area contributed by atoms with Crippen LogP contribution in [-0.4, -0.2) is 34.7 Å². The van der Waals surface area contributed by atoms with Gasteiger partial charge in [0, 0.05) is 24.2 Å². The van der Waals surface area contributed by atoms with E-state index in [0.717, 1.165) is 62.9 Å². The topological polar surface area (TPSA) is 59.0 Å². The normalized spacial score (nSPS) is 15.4. The molecule has 0 spiro atoms. The quantitative estimate of drug-likeness (QED) is 0.357. The van der Waals surface area contributed by atoms with E-state index in [4.69, 9.17) is 9.47 Å². The number of aliphatic hydroxyl groups excluding tert-OH is 1. The van der Waals surface area contributed by atoms with Crippen LogP contribution in [0.1, 0.15) is 88.2 Å². The number of fused-ring (bicyclic) bond motifs is 2. The first-order valence-electron chi connectivity index (χ1n) is 14.3. The fourth-order valence-electron chi connectivity index (χ4n) is 6.44. The third kappa shape index (κ3) is 5.26. The van der Waals surface area contributed by atoms with Gasteiger partial charge in [-0.15, -0.1) is 0 Å². The molecule has 1 N–H and O–H groups in total. The summed E-state index contributed by atoms with van der Waals surface area (Å²) in [7, 11) is 0. The number of halogens is 2. The highest BCUT2D eigenvalue weighted by atomic mass is 19.1. The Kier molecular flexibility index (Phi) is 7.72. The molecule has 5 rings (SSSR count). The highest BCUT2D eigenvalue weighted by Crippen LogP contribution is 2.46. The van der Waals surface area contributed by atoms with Gasteiger partial charge < -0.3 is 19.5 Å². The molecule has 3 aromatic carbocycles. The van der Waals surface area contributed by atoms with Crippen LogP contribution in [0.2, 0.25) is 0 Å². The molecule has 0 unspecified atom stereocenters. The Hall–Kier alpha value is -3.29. The van der Waals surface area contributed by atoms with Crippen LogP contribution in [-0.2, 0) is 24.2 Å². The minimum absolute atomic E-state index is 0.238. The number of carbonyl (C=O) groups excluding carboxylic acids is 1. The van der Waals surface area contributed by atoms with Gasteiger partial charge in [-0.25, -0.2) is 8.78 Å². The summed E-state index contributed by atoms with van der Waals surface area (Å²) in [4.78, 5) is 15.3. The molecule has 0 saturated heterocycles. The molecule has 0 saturated carbocycles. The number of nitrogens with zero attached hydrogens (tertiary/aromatic N) is 1. The average Bonchev–Trinajstić information content (AvgIpc) is 3.38. The number of ether oxygens (including phenoxy) is 2. The van der Waals surface area contributed by atoms with E-state index >= 15 is 4.39 Å². The van der Waals surface area contributed by atoms with Gasteiger partial charge in [0.05, 0.1) is 18.8 Å². The van der Waals surface area contributed by atoms with E-state index in [1.54, 1.807) is 17.9 Å². The summed E-state index contributed by atoms with van der Waals surface area (Å²) < 4.78 is 41.7. The van der Waals surface area contributed by atoms with Crippen molar-refractivity contribution in [2.24, 2.45) is 0 Å². The summed E-state index contributed by atoms with van der Waals surface area (Å²) in [6, 6.07) is 5.80. The van der Waals surface area contributed by atoms with Crippen molar-refractivity contribution in [3.05, 3.63) is 86.0 Å². The number of benzene rings is 3. The van der Waals surface area contributed by atoms with Crippen molar-refractivity contribution < 1.29 is 28.2 Å². The van der Waals surface area contributed by atoms with Crippen LogP contribution in [0.25, 0.3) is 11.1 Å². The number of aryl methyl sites for hydroxylation is 1. The van der Waals surface area contributed by atoms with Gasteiger partial charge in [-0.05, 0) is 130 Å². The third-order valence-electron chi connectivity index (χ3n) is 8.42. The standard InChI is InChI=1S/C34H39F2NO4/c1-18-10-11-22(35)13-24(18)33(39)37-15-26-20(3)30(25-14-28(36)32-23(19(25)2)9-8-12-40-32)31(21(4)27(26)16-37)29(17-38)41-34(5,6)7/h10-11,13-14,29,38H,8-9,12,15-17H2,1-7H3/t29-/m1/s1. The van der Waals surface area contributed by atoms with Crippen molar-refractivity contribution in [2.75, 3.05) is 13.2 Å². The van der Waals surface area contributed by atoms with E-state index in [2.05, 4.69) is 0 Å². The van der Waals surface area contributed by atoms with E-state index in [1.807, 2.05) is 41.5 Å². The monoisotopic (exact) mass is 563 g/mol. The summed E-state index contributed by atoms with van der Waals surface area (Å²) in [6.07, 6.45) is 0.870. The van der Waals surface area contributed by atoms with Gasteiger partial charge in [-0.1, -0.05) is 6.07 Å². The lowest BCUT2D eigenvalue weighted by Gasteiger charge is -2.32. The molecule has 5 nitrogen and oxygen atoms in total. The Morgan fingerprint density at radius 1 is 1.02 bits per heavy atom. The smallest absolute Gasteiger partial charge is 0.254 e. The van der Waals surface area contributed by atoms with E-state index in [-0.39, 0.29) is 12.5 Å². The van der Waals surface area contributed by atoms with Crippen molar-refractivity contribution in [1.29, 1.82) is 0 Å². The molecule has 0 aromatic heterocycles. The van der Waals surface area contributed by atoms with Gasteiger partial charge in [-0.2, -0.15) is 0 Å². The molecule has 3 aromatic rings. The molecule has 0 aliphatic carbocycles. The second-order valence-electron chi connectivity index (χ2n) is 12.3. The number of aliphatic hydroxyl groups is 1. The predicted octanol–water partition coefficient (Wildman–Crippen LogP) is 7.19. The minimum atomic E-state index is -0.668. The molecule has 41 heavy (non-hydrogen) atoms. The Balaban J connectivity index is 1.71. The van der Waals surface area contributed by atoms with Crippen molar-refractivity contribution >= 4 is 5.91 Å². The fraction of sp³-hybridized carbons (Fsp3) is 0.441. The molecule has 2 heterocycles. The van der Waals surface area contributed by atoms with Crippen molar-refractivity contribution in [3.8, 4) is 16.9 Å². The maximum Gasteiger partial charge on any atom is 0.254 e. The molecule has 0 bridgehead atoms. The van der Waals surface area contributed by atoms with Gasteiger partial charge in [0.25, 0.3) is 5.91 Å². The Morgan fingerprint density at radius 2 is 1.71 bits per heavy atom. The molecular weight excluding hydrogens is 524 g/mol. The van der Waals surface area contributed by atoms with Crippen LogP contribution in [0.15, 0.2) is 24.3 Å². The molecule has 0 fully saturated rings. The second kappa shape index (κ2) is 10.8. The minimum Gasteiger partial charge on any atom is -0.490 e. The Labute approximate surface area is 241 Å². The molecule has 0 radical (unpaired) electrons. The zero-order valence-electron chi connectivity index (χ0n) is 25.0. The summed E-state index contributed by atoms with van der Waals surface area (Å²) in [5.41, 5.74) is 8.48. The molecule has 218 valence electrons. The van der Waals surface area contributed by atoms with Crippen molar-refractivity contribution in [3.63, 3.8) is 0 Å². The lowest BCUT2D eigenvalue weighted by Crippen LogP contribution is -2.26. The van der Waals surface area contributed by atoms with E-state index in [1.165, 1.54) is 18.2 Å². The van der Waals surface area contributed by atoms with Crippen LogP contribution >= 0.6 is 0 Å². The van der Waals surface area contributed by atoms with Crippen molar-refractivity contribution in [1.82, 2.24) is 4.90 Å². The van der Waals surface area contributed by atoms with Crippen LogP contribution in [0, 0.1) is 39.3 Å². The number of rotatable bonds is 5. The lowest BCUT2D eigenvalue weighted by molar-refractivity contribution is -0.0822. The first kappa shape index (κ1) is 29.2. The zero-order valence-corrected chi connectivity index (χ0v) is 25.0. The van der Waals surface area contributed by atoms with Gasteiger partial charge in [0.15, 0.2) is 11.6 Å². The average molecular weight is 564 g/mol. The van der Waals surface area contributed by atoms with Crippen LogP contribution < -0.4 is 4.74 Å². The third-order valence-corrected chi connectivity index (χ3v) is 8.42. The predicted molar refractivity (Wildman–Crippen MR) is 155 cm³/mol. The van der Waals surface area contributed by atoms with Crippen molar-refractivity contribution in [2.45, 2.75) is 86.1 Å². The van der Waals surface area contributed by atoms with Gasteiger partial charge >= 0.3 is 0 Å². The summed E-state index contributed by atoms with van der Waals surface area (Å²) >= 11 is 0. The summed E-state index contributed by atoms with van der Waals surface area (Å²) in [5, 5.41) is 10.6. The Bertz CT molecular complexity index is 1540. The van der Waals surface area contributed by atoms with E-state index < -0.39 is 23.3 Å². The fourth-order valence-corrected chi connectivity index (χ4v) is 6.44. The maximum atomic E-state index is 15.5. The van der Waals surface area contributed by atoms with E-state index in [9.17, 15) is 14.3 Å². The number of hydrogen-bond acceptors (Lipinski definition) is 4. The molecule has 1 amide bonds. The molecule has 1 atom stereocenters. The first-order valence-corrected chi connectivity index (χ1v) is 14.3. The van der Waals surface area contributed by atoms with Gasteiger partial charge in [0.1, 0.15) is 11.9 Å². The SMILES string of the molecule is Cc1ccc(F)cc1C(=O)N1Cc2c(C)c(-c3cc(F)c4c(c3C)CCCO4)c([C@@H](CO)OC(C)(C)C)c(C)c2C1. The Morgan fingerprint density at radius 3 is 2.37 bits per heavy atom. The van der Waals surface area contributed by atoms with Gasteiger partial charge in [-0.3, -0.25) is 4.79 Å². The van der Waals surface area contributed by atoms with Gasteiger partial charge in [0.2, 0.25) is 0 Å². The zero-order chi connectivity index (χ0) is 29.8. The van der Waals surface area contributed by atoms with Crippen LogP contribution in [0.3, 0.4) is 0 Å². The highest BCUT2D eigenvalue weighted by Gasteiger charge is 2.35. The first-order chi connectivity index (χ1) is 19.3. The number of hydrogen-bond donors (Lipinski definition) is 1. The largest absolute Gasteiger partial charge is 0.490 e. The molecule has 7 heteroatoms. The maximum absolute atomic E-state index is 15.5. The van der Waals surface area contributed by atoms with Crippen LogP contribution in [0.5, 0.6) is 5.75 Å². The van der Waals surface area contributed by atoms with E-state index in [0.29, 0.717) is 36.6 Å². The molecule has 2 aliphatic rings. The lowest BCUT2D eigenvalue weighted by atomic mass is 9.81. The summed E-state index contributed by atoms with van der Waals surface area (Å²) in [5.74, 6) is -0.773. The summed E-state index contributed by atoms with van der Waals surface area (Å²) in [6.45, 7) is 14.5. The second-order valence-corrected chi connectivity index (χ2v) is 12.3. The molecular formula is C34H39F2NO4. The number of carbonyl (C=O) groups is 1. The molecule has 2 aliphatic heterocycles.